The largest absolute Gasteiger partial charge is 0.481 e. The summed E-state index contributed by atoms with van der Waals surface area (Å²) < 4.78 is 0. The molecule has 0 spiro atoms. The Morgan fingerprint density at radius 1 is 1.00 bits per heavy atom. The Balaban J connectivity index is 1.95. The van der Waals surface area contributed by atoms with Crippen LogP contribution in [0.2, 0.25) is 0 Å². The lowest BCUT2D eigenvalue weighted by Gasteiger charge is -2.54. The van der Waals surface area contributed by atoms with Crippen LogP contribution >= 0.6 is 0 Å². The smallest absolute Gasteiger partial charge is 0.309 e. The second-order valence-corrected chi connectivity index (χ2v) is 5.50. The molecule has 0 saturated heterocycles. The molecule has 4 aliphatic carbocycles. The van der Waals surface area contributed by atoms with Gasteiger partial charge < -0.3 is 5.11 Å². The molecular formula is C11H16O2. The maximum atomic E-state index is 11.3. The quantitative estimate of drug-likeness (QED) is 0.672. The average molecular weight is 180 g/mol. The standard InChI is InChI=1S/C11H16O2/c12-10(13)11-4-7-1-8(5-11)3-9(2-7)6-11/h7-9H,1-6H2,(H,12,13)/t7-,8+,9?,11?. The van der Waals surface area contributed by atoms with Gasteiger partial charge in [0.1, 0.15) is 0 Å². The molecule has 4 aliphatic rings. The van der Waals surface area contributed by atoms with E-state index in [1.807, 2.05) is 0 Å². The first kappa shape index (κ1) is 7.84. The van der Waals surface area contributed by atoms with Gasteiger partial charge in [0.15, 0.2) is 0 Å². The van der Waals surface area contributed by atoms with Gasteiger partial charge in [0, 0.05) is 0 Å². The molecule has 4 fully saturated rings. The normalized spacial score (nSPS) is 52.5. The van der Waals surface area contributed by atoms with Gasteiger partial charge in [-0.3, -0.25) is 4.79 Å². The van der Waals surface area contributed by atoms with Crippen LogP contribution < -0.4 is 0 Å². The summed E-state index contributed by atoms with van der Waals surface area (Å²) in [5, 5.41) is 9.28. The third-order valence-corrected chi connectivity index (χ3v) is 4.49. The van der Waals surface area contributed by atoms with Gasteiger partial charge in [-0.05, 0) is 56.3 Å². The van der Waals surface area contributed by atoms with Gasteiger partial charge in [-0.15, -0.1) is 0 Å². The molecule has 4 bridgehead atoms. The zero-order valence-corrected chi connectivity index (χ0v) is 7.83. The Bertz CT molecular complexity index is 222. The van der Waals surface area contributed by atoms with E-state index in [1.165, 1.54) is 19.3 Å². The molecule has 72 valence electrons. The minimum absolute atomic E-state index is 0.283. The maximum Gasteiger partial charge on any atom is 0.309 e. The maximum absolute atomic E-state index is 11.3. The minimum atomic E-state index is -0.508. The van der Waals surface area contributed by atoms with E-state index in [-0.39, 0.29) is 5.41 Å². The molecule has 0 heterocycles. The van der Waals surface area contributed by atoms with Gasteiger partial charge in [0.2, 0.25) is 0 Å². The number of hydrogen-bond donors (Lipinski definition) is 1. The fraction of sp³-hybridized carbons (Fsp3) is 0.909. The molecule has 0 amide bonds. The molecule has 1 N–H and O–H groups in total. The predicted octanol–water partition coefficient (Wildman–Crippen LogP) is 2.29. The molecular weight excluding hydrogens is 164 g/mol. The van der Waals surface area contributed by atoms with Crippen molar-refractivity contribution in [3.8, 4) is 0 Å². The van der Waals surface area contributed by atoms with Crippen molar-refractivity contribution in [2.75, 3.05) is 0 Å². The Hall–Kier alpha value is -0.530. The summed E-state index contributed by atoms with van der Waals surface area (Å²) in [4.78, 5) is 11.3. The number of hydrogen-bond acceptors (Lipinski definition) is 1. The molecule has 0 aromatic carbocycles. The van der Waals surface area contributed by atoms with Crippen molar-refractivity contribution in [3.63, 3.8) is 0 Å². The van der Waals surface area contributed by atoms with E-state index in [2.05, 4.69) is 0 Å². The molecule has 0 radical (unpaired) electrons. The van der Waals surface area contributed by atoms with E-state index in [1.54, 1.807) is 0 Å². The molecule has 0 aromatic heterocycles. The first-order valence-electron chi connectivity index (χ1n) is 5.41. The molecule has 0 unspecified atom stereocenters. The van der Waals surface area contributed by atoms with Crippen molar-refractivity contribution in [2.24, 2.45) is 23.2 Å². The fourth-order valence-electron chi connectivity index (χ4n) is 4.37. The van der Waals surface area contributed by atoms with Gasteiger partial charge in [-0.25, -0.2) is 0 Å². The van der Waals surface area contributed by atoms with E-state index < -0.39 is 5.97 Å². The predicted molar refractivity (Wildman–Crippen MR) is 48.2 cm³/mol. The lowest BCUT2D eigenvalue weighted by molar-refractivity contribution is -0.164. The van der Waals surface area contributed by atoms with Crippen molar-refractivity contribution in [2.45, 2.75) is 38.5 Å². The number of carbonyl (C=O) groups is 1. The average Bonchev–Trinajstić information content (AvgIpc) is 2.00. The molecule has 4 rings (SSSR count). The van der Waals surface area contributed by atoms with Crippen LogP contribution in [0, 0.1) is 23.2 Å². The summed E-state index contributed by atoms with van der Waals surface area (Å²) in [7, 11) is 0. The van der Waals surface area contributed by atoms with Crippen LogP contribution in [-0.2, 0) is 4.79 Å². The molecule has 0 aliphatic heterocycles. The van der Waals surface area contributed by atoms with E-state index in [0.717, 1.165) is 37.0 Å². The number of carboxylic acids is 1. The summed E-state index contributed by atoms with van der Waals surface area (Å²) in [6, 6.07) is 0. The van der Waals surface area contributed by atoms with E-state index in [9.17, 15) is 9.90 Å². The van der Waals surface area contributed by atoms with Crippen LogP contribution in [-0.4, -0.2) is 11.1 Å². The highest BCUT2D eigenvalue weighted by Crippen LogP contribution is 2.59. The van der Waals surface area contributed by atoms with Gasteiger partial charge in [-0.2, -0.15) is 0 Å². The van der Waals surface area contributed by atoms with E-state index >= 15 is 0 Å². The van der Waals surface area contributed by atoms with Crippen LogP contribution in [0.15, 0.2) is 0 Å². The van der Waals surface area contributed by atoms with Crippen LogP contribution in [0.25, 0.3) is 0 Å². The molecule has 2 heteroatoms. The van der Waals surface area contributed by atoms with Crippen LogP contribution in [0.1, 0.15) is 38.5 Å². The first-order chi connectivity index (χ1) is 6.18. The lowest BCUT2D eigenvalue weighted by atomic mass is 9.49. The summed E-state index contributed by atoms with van der Waals surface area (Å²) in [5.74, 6) is 1.75. The second-order valence-electron chi connectivity index (χ2n) is 5.50. The van der Waals surface area contributed by atoms with Crippen LogP contribution in [0.5, 0.6) is 0 Å². The highest BCUT2D eigenvalue weighted by molar-refractivity contribution is 5.75. The SMILES string of the molecule is O=C(O)C12CC3C[C@H](C1)C[C@@H](C3)C2. The van der Waals surface area contributed by atoms with Crippen LogP contribution in [0.4, 0.5) is 0 Å². The zero-order valence-electron chi connectivity index (χ0n) is 7.83. The van der Waals surface area contributed by atoms with Gasteiger partial charge in [0.25, 0.3) is 0 Å². The summed E-state index contributed by atoms with van der Waals surface area (Å²) in [6.45, 7) is 0. The second kappa shape index (κ2) is 2.28. The number of rotatable bonds is 1. The summed E-state index contributed by atoms with van der Waals surface area (Å²) in [6.07, 6.45) is 6.92. The van der Waals surface area contributed by atoms with Crippen LogP contribution in [0.3, 0.4) is 0 Å². The Kier molecular flexibility index (Phi) is 1.38. The first-order valence-corrected chi connectivity index (χ1v) is 5.41. The van der Waals surface area contributed by atoms with Crippen molar-refractivity contribution >= 4 is 5.97 Å². The highest BCUT2D eigenvalue weighted by Gasteiger charge is 2.54. The number of aliphatic carboxylic acids is 1. The summed E-state index contributed by atoms with van der Waals surface area (Å²) in [5.41, 5.74) is -0.283. The topological polar surface area (TPSA) is 37.3 Å². The van der Waals surface area contributed by atoms with E-state index in [4.69, 9.17) is 0 Å². The Morgan fingerprint density at radius 3 is 1.69 bits per heavy atom. The lowest BCUT2D eigenvalue weighted by Crippen LogP contribution is -2.49. The number of carboxylic acid groups (broad SMARTS) is 1. The fourth-order valence-corrected chi connectivity index (χ4v) is 4.37. The molecule has 4 saturated carbocycles. The monoisotopic (exact) mass is 180 g/mol. The van der Waals surface area contributed by atoms with E-state index in [0.29, 0.717) is 0 Å². The van der Waals surface area contributed by atoms with Gasteiger partial charge >= 0.3 is 5.97 Å². The van der Waals surface area contributed by atoms with Gasteiger partial charge in [-0.1, -0.05) is 0 Å². The third kappa shape index (κ3) is 0.976. The zero-order chi connectivity index (χ0) is 9.05. The Labute approximate surface area is 78.3 Å². The van der Waals surface area contributed by atoms with Crippen molar-refractivity contribution in [1.82, 2.24) is 0 Å². The van der Waals surface area contributed by atoms with Crippen molar-refractivity contribution in [1.29, 1.82) is 0 Å². The third-order valence-electron chi connectivity index (χ3n) is 4.49. The molecule has 2 nitrogen and oxygen atoms in total. The Morgan fingerprint density at radius 2 is 1.38 bits per heavy atom. The highest BCUT2D eigenvalue weighted by atomic mass is 16.4. The van der Waals surface area contributed by atoms with Crippen molar-refractivity contribution < 1.29 is 9.90 Å². The van der Waals surface area contributed by atoms with Crippen molar-refractivity contribution in [3.05, 3.63) is 0 Å². The molecule has 13 heavy (non-hydrogen) atoms. The molecule has 0 aromatic rings. The minimum Gasteiger partial charge on any atom is -0.481 e. The summed E-state index contributed by atoms with van der Waals surface area (Å²) >= 11 is 0. The van der Waals surface area contributed by atoms with Gasteiger partial charge in [0.05, 0.1) is 5.41 Å². The molecule has 0 atom stereocenters.